The molecule has 12 heteroatoms. The number of aliphatic carboxylic acids is 1. The molecule has 61 heavy (non-hydrogen) atoms. The molecule has 0 aliphatic heterocycles. The number of carboxylic acids is 1. The summed E-state index contributed by atoms with van der Waals surface area (Å²) in [6.07, 6.45) is 2.44. The van der Waals surface area contributed by atoms with Gasteiger partial charge in [0.05, 0.1) is 22.9 Å². The Morgan fingerprint density at radius 2 is 1.44 bits per heavy atom. The second-order valence-electron chi connectivity index (χ2n) is 22.7. The Balaban J connectivity index is 1.12. The van der Waals surface area contributed by atoms with Crippen molar-refractivity contribution in [3.8, 4) is 0 Å². The van der Waals surface area contributed by atoms with Crippen molar-refractivity contribution in [2.45, 2.75) is 164 Å². The molecular weight excluding hydrogens is 786 g/mol. The second-order valence-corrected chi connectivity index (χ2v) is 22.7. The van der Waals surface area contributed by atoms with Crippen LogP contribution in [0, 0.1) is 62.6 Å². The van der Waals surface area contributed by atoms with Crippen LogP contribution in [0.5, 0.6) is 0 Å². The quantitative estimate of drug-likeness (QED) is 0.222. The van der Waals surface area contributed by atoms with Crippen LogP contribution in [0.25, 0.3) is 0 Å². The smallest absolute Gasteiger partial charge is 0.416 e. The average Bonchev–Trinajstić information content (AvgIpc) is 3.43. The fourth-order valence-corrected chi connectivity index (χ4v) is 14.5. The van der Waals surface area contributed by atoms with Crippen molar-refractivity contribution >= 4 is 29.5 Å². The Hall–Kier alpha value is -3.70. The number of fused-ring (bicyclic) bond motifs is 7. The van der Waals surface area contributed by atoms with Crippen LogP contribution in [0.3, 0.4) is 0 Å². The number of hydrogen-bond acceptors (Lipinski definition) is 6. The first kappa shape index (κ1) is 45.3. The van der Waals surface area contributed by atoms with E-state index in [0.29, 0.717) is 24.7 Å². The molecule has 7 rings (SSSR count). The van der Waals surface area contributed by atoms with E-state index in [9.17, 15) is 42.3 Å². The van der Waals surface area contributed by atoms with Crippen molar-refractivity contribution in [2.75, 3.05) is 0 Å². The molecule has 6 aliphatic carbocycles. The molecule has 6 aliphatic rings. The number of alkyl halides is 3. The highest BCUT2D eigenvalue weighted by Crippen LogP contribution is 2.76. The van der Waals surface area contributed by atoms with Gasteiger partial charge in [-0.2, -0.15) is 13.2 Å². The minimum atomic E-state index is -4.55. The van der Waals surface area contributed by atoms with E-state index in [1.54, 1.807) is 13.8 Å². The summed E-state index contributed by atoms with van der Waals surface area (Å²) in [7, 11) is 0. The maximum absolute atomic E-state index is 14.4. The number of benzene rings is 1. The van der Waals surface area contributed by atoms with Crippen molar-refractivity contribution in [3.05, 3.63) is 46.5 Å². The first-order valence-electron chi connectivity index (χ1n) is 22.5. The van der Waals surface area contributed by atoms with Crippen LogP contribution < -0.4 is 10.6 Å². The van der Waals surface area contributed by atoms with Crippen LogP contribution in [-0.2, 0) is 30.1 Å². The van der Waals surface area contributed by atoms with E-state index < -0.39 is 57.9 Å². The molecule has 9 nitrogen and oxygen atoms in total. The summed E-state index contributed by atoms with van der Waals surface area (Å²) in [6, 6.07) is 3.88. The Kier molecular flexibility index (Phi) is 10.7. The number of nitrogens with one attached hydrogen (secondary N) is 2. The first-order valence-corrected chi connectivity index (χ1v) is 22.5. The summed E-state index contributed by atoms with van der Waals surface area (Å²) >= 11 is 0. The molecule has 5 saturated carbocycles. The number of allylic oxidation sites excluding steroid dienone is 1. The number of carbonyl (C=O) groups excluding carboxylic acids is 4. The van der Waals surface area contributed by atoms with Crippen molar-refractivity contribution in [2.24, 2.45) is 62.6 Å². The van der Waals surface area contributed by atoms with Gasteiger partial charge in [0.1, 0.15) is 11.6 Å². The summed E-state index contributed by atoms with van der Waals surface area (Å²) in [5.74, 6) is -2.57. The van der Waals surface area contributed by atoms with Crippen molar-refractivity contribution in [1.29, 1.82) is 0 Å². The fourth-order valence-electron chi connectivity index (χ4n) is 14.5. The summed E-state index contributed by atoms with van der Waals surface area (Å²) in [6.45, 7) is 22.8. The molecule has 5 fully saturated rings. The third-order valence-corrected chi connectivity index (χ3v) is 18.3. The normalized spacial score (nSPS) is 37.7. The van der Waals surface area contributed by atoms with Crippen LogP contribution in [0.15, 0.2) is 35.4 Å². The zero-order chi connectivity index (χ0) is 45.3. The van der Waals surface area contributed by atoms with Crippen LogP contribution in [0.4, 0.5) is 13.2 Å². The zero-order valence-corrected chi connectivity index (χ0v) is 38.0. The highest BCUT2D eigenvalue weighted by atomic mass is 19.4. The van der Waals surface area contributed by atoms with Crippen LogP contribution >= 0.6 is 0 Å². The van der Waals surface area contributed by atoms with Crippen LogP contribution in [0.1, 0.15) is 156 Å². The lowest BCUT2D eigenvalue weighted by atomic mass is 9.33. The van der Waals surface area contributed by atoms with Gasteiger partial charge in [-0.25, -0.2) is 0 Å². The van der Waals surface area contributed by atoms with Gasteiger partial charge in [-0.15, -0.1) is 0 Å². The lowest BCUT2D eigenvalue weighted by Crippen LogP contribution is -2.68. The highest BCUT2D eigenvalue weighted by molar-refractivity contribution is 6.03. The molecular formula is C49H67F3N2O7. The number of Topliss-reactive ketones (excluding diaryl/α,β-unsaturated/α-hetero) is 1. The highest BCUT2D eigenvalue weighted by Gasteiger charge is 2.71. The van der Waals surface area contributed by atoms with Gasteiger partial charge in [-0.3, -0.25) is 24.0 Å². The summed E-state index contributed by atoms with van der Waals surface area (Å²) in [5.41, 5.74) is -2.65. The molecule has 0 heterocycles. The van der Waals surface area contributed by atoms with E-state index in [2.05, 4.69) is 45.3 Å². The molecule has 0 aromatic heterocycles. The predicted octanol–water partition coefficient (Wildman–Crippen LogP) is 9.72. The lowest BCUT2D eigenvalue weighted by Gasteiger charge is -2.72. The second kappa shape index (κ2) is 14.4. The number of carboxylic acid groups (broad SMARTS) is 1. The van der Waals surface area contributed by atoms with E-state index >= 15 is 0 Å². The number of esters is 1. The molecule has 1 unspecified atom stereocenters. The monoisotopic (exact) mass is 852 g/mol. The molecule has 0 saturated heterocycles. The Labute approximate surface area is 359 Å². The van der Waals surface area contributed by atoms with Gasteiger partial charge in [0, 0.05) is 17.4 Å². The maximum atomic E-state index is 14.4. The Morgan fingerprint density at radius 3 is 2.02 bits per heavy atom. The fraction of sp³-hybridized carbons (Fsp3) is 0.735. The predicted molar refractivity (Wildman–Crippen MR) is 224 cm³/mol. The molecule has 3 N–H and O–H groups in total. The number of halogens is 3. The number of rotatable bonds is 8. The molecule has 1 aromatic rings. The summed E-state index contributed by atoms with van der Waals surface area (Å²) in [4.78, 5) is 67.2. The number of hydrogen-bond donors (Lipinski definition) is 3. The van der Waals surface area contributed by atoms with E-state index in [-0.39, 0.29) is 63.3 Å². The number of ketones is 1. The lowest BCUT2D eigenvalue weighted by molar-refractivity contribution is -0.235. The topological polar surface area (TPSA) is 139 Å². The third-order valence-electron chi connectivity index (χ3n) is 18.3. The molecule has 2 amide bonds. The molecule has 0 spiro atoms. The van der Waals surface area contributed by atoms with E-state index in [0.717, 1.165) is 80.4 Å². The first-order chi connectivity index (χ1) is 28.0. The maximum Gasteiger partial charge on any atom is 0.416 e. The van der Waals surface area contributed by atoms with Crippen molar-refractivity contribution in [1.82, 2.24) is 10.6 Å². The van der Waals surface area contributed by atoms with E-state index in [1.165, 1.54) is 0 Å². The Morgan fingerprint density at radius 1 is 0.803 bits per heavy atom. The van der Waals surface area contributed by atoms with Crippen LogP contribution in [0.2, 0.25) is 0 Å². The van der Waals surface area contributed by atoms with E-state index in [4.69, 9.17) is 4.74 Å². The zero-order valence-electron chi connectivity index (χ0n) is 38.0. The van der Waals surface area contributed by atoms with Gasteiger partial charge in [0.15, 0.2) is 5.78 Å². The van der Waals surface area contributed by atoms with Gasteiger partial charge in [-0.1, -0.05) is 62.3 Å². The van der Waals surface area contributed by atoms with E-state index in [1.807, 2.05) is 27.7 Å². The largest absolute Gasteiger partial charge is 0.481 e. The van der Waals surface area contributed by atoms with Gasteiger partial charge >= 0.3 is 18.1 Å². The molecule has 10 atom stereocenters. The molecule has 0 bridgehead atoms. The minimum absolute atomic E-state index is 0.00103. The van der Waals surface area contributed by atoms with Crippen molar-refractivity contribution in [3.63, 3.8) is 0 Å². The Bertz CT molecular complexity index is 2050. The average molecular weight is 853 g/mol. The number of ether oxygens (including phenoxy) is 1. The molecule has 336 valence electrons. The van der Waals surface area contributed by atoms with Gasteiger partial charge in [-0.05, 0) is 152 Å². The van der Waals surface area contributed by atoms with Crippen LogP contribution in [-0.4, -0.2) is 51.8 Å². The molecule has 0 radical (unpaired) electrons. The molecule has 1 aromatic carbocycles. The van der Waals surface area contributed by atoms with Gasteiger partial charge in [0.2, 0.25) is 5.91 Å². The van der Waals surface area contributed by atoms with Gasteiger partial charge < -0.3 is 20.5 Å². The summed E-state index contributed by atoms with van der Waals surface area (Å²) in [5, 5.41) is 15.7. The SMILES string of the molecule is CC(C)C1=C2[C@H]3CC[C@@H]4[C@@]5(C)CC[C@H](OC(=O)[C@H]6C[C@@H](C(=O)O)C6(C)C)C(C)(C)C5CC[C@@]4(C)[C@]3(C)CC[C@@]2(NC(=O)C(C)(C)NC(=O)c2ccc(C(F)(F)F)cc2)CC1=O. The number of carbonyl (C=O) groups is 5. The minimum Gasteiger partial charge on any atom is -0.481 e. The third kappa shape index (κ3) is 6.80. The number of amides is 2. The van der Waals surface area contributed by atoms with Gasteiger partial charge in [0.25, 0.3) is 5.91 Å². The van der Waals surface area contributed by atoms with Crippen molar-refractivity contribution < 1.29 is 47.0 Å². The summed E-state index contributed by atoms with van der Waals surface area (Å²) < 4.78 is 46.0. The standard InChI is InChI=1S/C49H67F3N2O7/c1-26(2)36-32(55)25-48(54-41(60)44(7,8)53-38(56)27-12-14-28(15-13-27)49(50,51)52)23-22-46(10)29(37(36)48)16-17-34-45(9)20-19-35(43(5,6)33(45)18-21-47(34,46)11)61-40(59)31-24-30(39(57)58)42(31,3)4/h12-15,26,29-31,33-35H,16-25H2,1-11H3,(H,53,56)(H,54,60)(H,57,58)/t29-,30+,31-,33?,34-,35+,45+,46-,47-,48-/m1/s1.